The van der Waals surface area contributed by atoms with Crippen LogP contribution in [0.3, 0.4) is 0 Å². The zero-order valence-electron chi connectivity index (χ0n) is 11.4. The Morgan fingerprint density at radius 1 is 0.905 bits per heavy atom. The predicted molar refractivity (Wildman–Crippen MR) is 68.1 cm³/mol. The molecule has 0 radical (unpaired) electrons. The molecule has 0 rings (SSSR count). The molecule has 0 aromatic heterocycles. The van der Waals surface area contributed by atoms with Crippen LogP contribution in [0.15, 0.2) is 0 Å². The first-order valence-electron chi connectivity index (χ1n) is 6.48. The van der Waals surface area contributed by atoms with Gasteiger partial charge in [0.2, 0.25) is 0 Å². The number of aliphatic hydroxyl groups is 1. The minimum atomic E-state index is -5.65. The lowest BCUT2D eigenvalue weighted by Gasteiger charge is -2.19. The molecule has 0 amide bonds. The standard InChI is InChI=1S/C11H20F5NO3S/c12-10(13,11(14,15)16)4-1-8-21(19,20)9-3-6-17-5-2-7-18/h17-18H,1-9H2. The van der Waals surface area contributed by atoms with Crippen LogP contribution in [-0.4, -0.2) is 56.8 Å². The highest BCUT2D eigenvalue weighted by molar-refractivity contribution is 7.91. The SMILES string of the molecule is O=S(=O)(CCCNCCCO)CCCC(F)(F)C(F)(F)F. The third kappa shape index (κ3) is 9.20. The fourth-order valence-corrected chi connectivity index (χ4v) is 2.88. The first-order valence-corrected chi connectivity index (χ1v) is 8.30. The average molecular weight is 341 g/mol. The van der Waals surface area contributed by atoms with Crippen molar-refractivity contribution >= 4 is 9.84 Å². The fraction of sp³-hybridized carbons (Fsp3) is 1.00. The maximum atomic E-state index is 12.6. The van der Waals surface area contributed by atoms with E-state index >= 15 is 0 Å². The van der Waals surface area contributed by atoms with E-state index in [9.17, 15) is 30.4 Å². The zero-order chi connectivity index (χ0) is 16.6. The lowest BCUT2D eigenvalue weighted by Crippen LogP contribution is -2.36. The summed E-state index contributed by atoms with van der Waals surface area (Å²) in [7, 11) is -3.63. The van der Waals surface area contributed by atoms with E-state index < -0.39 is 40.5 Å². The normalized spacial score (nSPS) is 13.6. The Balaban J connectivity index is 3.94. The molecule has 10 heteroatoms. The van der Waals surface area contributed by atoms with Gasteiger partial charge >= 0.3 is 12.1 Å². The van der Waals surface area contributed by atoms with Gasteiger partial charge in [0.1, 0.15) is 9.84 Å². The van der Waals surface area contributed by atoms with Crippen LogP contribution in [-0.2, 0) is 9.84 Å². The minimum absolute atomic E-state index is 0.0126. The van der Waals surface area contributed by atoms with Gasteiger partial charge in [-0.15, -0.1) is 0 Å². The minimum Gasteiger partial charge on any atom is -0.396 e. The summed E-state index contributed by atoms with van der Waals surface area (Å²) in [4.78, 5) is 0. The number of hydrogen-bond donors (Lipinski definition) is 2. The highest BCUT2D eigenvalue weighted by Crippen LogP contribution is 2.38. The summed E-state index contributed by atoms with van der Waals surface area (Å²) in [6, 6.07) is 0. The summed E-state index contributed by atoms with van der Waals surface area (Å²) in [6.07, 6.45) is -7.13. The van der Waals surface area contributed by atoms with Gasteiger partial charge in [0.25, 0.3) is 0 Å². The van der Waals surface area contributed by atoms with E-state index in [1.807, 2.05) is 0 Å². The Kier molecular flexibility index (Phi) is 8.64. The Morgan fingerprint density at radius 2 is 1.43 bits per heavy atom. The van der Waals surface area contributed by atoms with Crippen molar-refractivity contribution in [1.29, 1.82) is 0 Å². The van der Waals surface area contributed by atoms with Crippen molar-refractivity contribution in [3.05, 3.63) is 0 Å². The quantitative estimate of drug-likeness (QED) is 0.444. The molecule has 0 saturated heterocycles. The van der Waals surface area contributed by atoms with E-state index in [1.165, 1.54) is 0 Å². The number of alkyl halides is 5. The Morgan fingerprint density at radius 3 is 1.95 bits per heavy atom. The van der Waals surface area contributed by atoms with Crippen molar-refractivity contribution in [2.75, 3.05) is 31.2 Å². The number of nitrogens with one attached hydrogen (secondary N) is 1. The molecule has 0 unspecified atom stereocenters. The highest BCUT2D eigenvalue weighted by atomic mass is 32.2. The largest absolute Gasteiger partial charge is 0.453 e. The second-order valence-corrected chi connectivity index (χ2v) is 6.94. The number of hydrogen-bond acceptors (Lipinski definition) is 4. The van der Waals surface area contributed by atoms with Crippen molar-refractivity contribution < 1.29 is 35.5 Å². The number of sulfone groups is 1. The van der Waals surface area contributed by atoms with E-state index in [2.05, 4.69) is 5.32 Å². The molecule has 0 fully saturated rings. The van der Waals surface area contributed by atoms with E-state index in [0.29, 0.717) is 19.5 Å². The number of rotatable bonds is 11. The van der Waals surface area contributed by atoms with Gasteiger partial charge in [0.15, 0.2) is 0 Å². The molecule has 0 bridgehead atoms. The lowest BCUT2D eigenvalue weighted by molar-refractivity contribution is -0.284. The van der Waals surface area contributed by atoms with Crippen LogP contribution in [0.1, 0.15) is 25.7 Å². The van der Waals surface area contributed by atoms with Crippen molar-refractivity contribution in [3.8, 4) is 0 Å². The molecule has 0 aromatic rings. The predicted octanol–water partition coefficient (Wildman–Crippen LogP) is 1.74. The summed E-state index contributed by atoms with van der Waals surface area (Å²) < 4.78 is 83.7. The maximum absolute atomic E-state index is 12.6. The molecule has 2 N–H and O–H groups in total. The molecule has 128 valence electrons. The number of halogens is 5. The van der Waals surface area contributed by atoms with Gasteiger partial charge in [-0.3, -0.25) is 0 Å². The van der Waals surface area contributed by atoms with Gasteiger partial charge in [-0.05, 0) is 32.4 Å². The smallest absolute Gasteiger partial charge is 0.396 e. The summed E-state index contributed by atoms with van der Waals surface area (Å²) in [6.45, 7) is 0.908. The summed E-state index contributed by atoms with van der Waals surface area (Å²) in [5.74, 6) is -5.81. The van der Waals surface area contributed by atoms with E-state index in [4.69, 9.17) is 5.11 Å². The molecule has 0 aliphatic heterocycles. The average Bonchev–Trinajstić information content (AvgIpc) is 2.31. The van der Waals surface area contributed by atoms with Crippen LogP contribution in [0.5, 0.6) is 0 Å². The first kappa shape index (κ1) is 20.5. The second-order valence-electron chi connectivity index (χ2n) is 4.64. The molecule has 0 aliphatic carbocycles. The van der Waals surface area contributed by atoms with Crippen molar-refractivity contribution in [2.45, 2.75) is 37.8 Å². The summed E-state index contributed by atoms with van der Waals surface area (Å²) in [5, 5.41) is 11.4. The lowest BCUT2D eigenvalue weighted by atomic mass is 10.2. The zero-order valence-corrected chi connectivity index (χ0v) is 12.2. The van der Waals surface area contributed by atoms with Crippen LogP contribution in [0.4, 0.5) is 22.0 Å². The summed E-state index contributed by atoms with van der Waals surface area (Å²) >= 11 is 0. The van der Waals surface area contributed by atoms with Gasteiger partial charge < -0.3 is 10.4 Å². The molecular formula is C11H20F5NO3S. The van der Waals surface area contributed by atoms with Crippen LogP contribution in [0.2, 0.25) is 0 Å². The van der Waals surface area contributed by atoms with Crippen LogP contribution < -0.4 is 5.32 Å². The Labute approximate surface area is 120 Å². The van der Waals surface area contributed by atoms with Gasteiger partial charge in [-0.25, -0.2) is 8.42 Å². The third-order valence-electron chi connectivity index (χ3n) is 2.68. The van der Waals surface area contributed by atoms with E-state index in [0.717, 1.165) is 0 Å². The van der Waals surface area contributed by atoms with Gasteiger partial charge in [0.05, 0.1) is 11.5 Å². The number of aliphatic hydroxyl groups excluding tert-OH is 1. The third-order valence-corrected chi connectivity index (χ3v) is 4.50. The second kappa shape index (κ2) is 8.84. The molecule has 0 saturated carbocycles. The van der Waals surface area contributed by atoms with E-state index in [1.54, 1.807) is 0 Å². The van der Waals surface area contributed by atoms with Crippen LogP contribution >= 0.6 is 0 Å². The maximum Gasteiger partial charge on any atom is 0.453 e. The molecule has 0 aromatic carbocycles. The summed E-state index contributed by atoms with van der Waals surface area (Å²) in [5.41, 5.74) is 0. The first-order chi connectivity index (χ1) is 9.52. The molecule has 4 nitrogen and oxygen atoms in total. The van der Waals surface area contributed by atoms with Gasteiger partial charge in [0, 0.05) is 13.0 Å². The Hall–Kier alpha value is -0.480. The Bertz CT molecular complexity index is 384. The molecule has 0 aliphatic rings. The molecular weight excluding hydrogens is 321 g/mol. The van der Waals surface area contributed by atoms with Crippen LogP contribution in [0, 0.1) is 0 Å². The van der Waals surface area contributed by atoms with Crippen molar-refractivity contribution in [1.82, 2.24) is 5.32 Å². The highest BCUT2D eigenvalue weighted by Gasteiger charge is 2.56. The topological polar surface area (TPSA) is 66.4 Å². The molecule has 0 atom stereocenters. The van der Waals surface area contributed by atoms with Gasteiger partial charge in [-0.2, -0.15) is 22.0 Å². The molecule has 0 heterocycles. The van der Waals surface area contributed by atoms with Crippen LogP contribution in [0.25, 0.3) is 0 Å². The van der Waals surface area contributed by atoms with Crippen molar-refractivity contribution in [3.63, 3.8) is 0 Å². The fourth-order valence-electron chi connectivity index (χ4n) is 1.50. The molecule has 21 heavy (non-hydrogen) atoms. The van der Waals surface area contributed by atoms with Gasteiger partial charge in [-0.1, -0.05) is 0 Å². The van der Waals surface area contributed by atoms with Crippen molar-refractivity contribution in [2.24, 2.45) is 0 Å². The monoisotopic (exact) mass is 341 g/mol. The molecule has 0 spiro atoms. The van der Waals surface area contributed by atoms with E-state index in [-0.39, 0.29) is 18.8 Å².